The minimum absolute atomic E-state index is 0.125. The number of hydrogen-bond acceptors (Lipinski definition) is 2. The summed E-state index contributed by atoms with van der Waals surface area (Å²) in [6.45, 7) is 4.47. The summed E-state index contributed by atoms with van der Waals surface area (Å²) < 4.78 is 1.13. The zero-order chi connectivity index (χ0) is 38.9. The van der Waals surface area contributed by atoms with Gasteiger partial charge in [-0.2, -0.15) is 0 Å². The Hall–Kier alpha value is -4.92. The molecule has 0 fully saturated rings. The third kappa shape index (κ3) is 6.85. The molecule has 0 saturated heterocycles. The molecule has 0 amide bonds. The molecule has 2 N–H and O–H groups in total. The Morgan fingerprint density at radius 1 is 0.439 bits per heavy atom. The quantitative estimate of drug-likeness (QED) is 0.142. The molecule has 2 atom stereocenters. The molecular formula is C54H48O2Zr. The van der Waals surface area contributed by atoms with E-state index in [0.717, 1.165) is 0 Å². The minimum Gasteiger partial charge on any atom is -0.394 e. The van der Waals surface area contributed by atoms with Crippen molar-refractivity contribution in [1.29, 1.82) is 0 Å². The Morgan fingerprint density at radius 2 is 0.789 bits per heavy atom. The van der Waals surface area contributed by atoms with Gasteiger partial charge >= 0.3 is 327 Å². The largest absolute Gasteiger partial charge is 0.394 e. The topological polar surface area (TPSA) is 40.5 Å². The average Bonchev–Trinajstić information content (AvgIpc) is 3.79. The summed E-state index contributed by atoms with van der Waals surface area (Å²) in [7, 11) is 0. The van der Waals surface area contributed by atoms with Crippen LogP contribution in [0.1, 0.15) is 69.0 Å². The molecular weight excluding hydrogens is 772 g/mol. The maximum absolute atomic E-state index is 7.62. The summed E-state index contributed by atoms with van der Waals surface area (Å²) in [6.07, 6.45) is 9.97. The van der Waals surface area contributed by atoms with E-state index < -0.39 is 23.2 Å². The fourth-order valence-corrected chi connectivity index (χ4v) is 14.7. The summed E-state index contributed by atoms with van der Waals surface area (Å²) in [5.74, 6) is 0. The Balaban J connectivity index is 0.00000101. The van der Waals surface area contributed by atoms with Gasteiger partial charge in [0.05, 0.1) is 13.2 Å². The molecule has 2 nitrogen and oxygen atoms in total. The van der Waals surface area contributed by atoms with Crippen LogP contribution in [0.25, 0.3) is 77.5 Å². The first-order chi connectivity index (χ1) is 28.1. The number of aliphatic hydroxyl groups excluding tert-OH is 2. The van der Waals surface area contributed by atoms with Crippen LogP contribution in [0.4, 0.5) is 0 Å². The fraction of sp³-hybridized carbons (Fsp3) is 0.185. The van der Waals surface area contributed by atoms with E-state index in [1.807, 2.05) is 0 Å². The Labute approximate surface area is 347 Å². The molecule has 10 rings (SSSR count). The van der Waals surface area contributed by atoms with Crippen LogP contribution in [-0.2, 0) is 23.2 Å². The van der Waals surface area contributed by atoms with Crippen molar-refractivity contribution in [1.82, 2.24) is 0 Å². The van der Waals surface area contributed by atoms with Crippen molar-refractivity contribution in [2.45, 2.75) is 46.8 Å². The fourth-order valence-electron chi connectivity index (χ4n) is 9.54. The van der Waals surface area contributed by atoms with Crippen LogP contribution in [0, 0.1) is 0 Å². The molecule has 0 heterocycles. The van der Waals surface area contributed by atoms with Crippen LogP contribution >= 0.6 is 0 Å². The van der Waals surface area contributed by atoms with Crippen molar-refractivity contribution in [2.75, 3.05) is 13.2 Å². The van der Waals surface area contributed by atoms with Gasteiger partial charge in [-0.15, -0.1) is 0 Å². The van der Waals surface area contributed by atoms with Gasteiger partial charge < -0.3 is 10.2 Å². The van der Waals surface area contributed by atoms with Crippen molar-refractivity contribution in [2.24, 2.45) is 0 Å². The average molecular weight is 820 g/mol. The second-order valence-electron chi connectivity index (χ2n) is 15.4. The maximum Gasteiger partial charge on any atom is 0.0662 e. The van der Waals surface area contributed by atoms with E-state index in [0.29, 0.717) is 7.25 Å². The van der Waals surface area contributed by atoms with Gasteiger partial charge in [0, 0.05) is 0 Å². The third-order valence-electron chi connectivity index (χ3n) is 11.9. The molecule has 0 radical (unpaired) electrons. The summed E-state index contributed by atoms with van der Waals surface area (Å²) in [6, 6.07) is 55.1. The zero-order valence-electron chi connectivity index (χ0n) is 32.8. The van der Waals surface area contributed by atoms with E-state index in [-0.39, 0.29) is 13.2 Å². The van der Waals surface area contributed by atoms with Crippen LogP contribution in [0.5, 0.6) is 0 Å². The van der Waals surface area contributed by atoms with E-state index in [4.69, 9.17) is 10.2 Å². The molecule has 2 unspecified atom stereocenters. The van der Waals surface area contributed by atoms with Gasteiger partial charge in [-0.05, 0) is 0 Å². The molecule has 0 aromatic heterocycles. The Kier molecular flexibility index (Phi) is 10.9. The van der Waals surface area contributed by atoms with Gasteiger partial charge in [-0.3, -0.25) is 0 Å². The van der Waals surface area contributed by atoms with Crippen molar-refractivity contribution in [3.8, 4) is 22.3 Å². The first-order valence-electron chi connectivity index (χ1n) is 20.6. The maximum atomic E-state index is 7.62. The molecule has 0 bridgehead atoms. The number of hydrogen-bond donors (Lipinski definition) is 2. The monoisotopic (exact) mass is 818 g/mol. The second-order valence-corrected chi connectivity index (χ2v) is 19.1. The molecule has 3 heteroatoms. The van der Waals surface area contributed by atoms with Crippen LogP contribution in [0.2, 0.25) is 0 Å². The minimum atomic E-state index is -1.08. The van der Waals surface area contributed by atoms with Gasteiger partial charge in [-0.1, -0.05) is 0 Å². The van der Waals surface area contributed by atoms with Crippen LogP contribution < -0.4 is 0 Å². The van der Waals surface area contributed by atoms with Gasteiger partial charge in [0.1, 0.15) is 0 Å². The summed E-state index contributed by atoms with van der Waals surface area (Å²) in [5.41, 5.74) is 15.0. The molecule has 8 aromatic rings. The molecule has 8 aromatic carbocycles. The van der Waals surface area contributed by atoms with Crippen LogP contribution in [0.3, 0.4) is 0 Å². The van der Waals surface area contributed by atoms with E-state index >= 15 is 0 Å². The predicted molar refractivity (Wildman–Crippen MR) is 239 cm³/mol. The second kappa shape index (κ2) is 16.5. The summed E-state index contributed by atoms with van der Waals surface area (Å²) in [4.78, 5) is 0. The molecule has 2 aliphatic rings. The van der Waals surface area contributed by atoms with Gasteiger partial charge in [-0.25, -0.2) is 0 Å². The van der Waals surface area contributed by atoms with Gasteiger partial charge in [0.25, 0.3) is 0 Å². The molecule has 57 heavy (non-hydrogen) atoms. The molecule has 2 aliphatic carbocycles. The number of benzene rings is 8. The molecule has 0 spiro atoms. The normalized spacial score (nSPS) is 15.6. The Bertz CT molecular complexity index is 2540. The van der Waals surface area contributed by atoms with Crippen molar-refractivity contribution in [3.63, 3.8) is 0 Å². The van der Waals surface area contributed by atoms with Gasteiger partial charge in [0.2, 0.25) is 0 Å². The van der Waals surface area contributed by atoms with Gasteiger partial charge in [0.15, 0.2) is 0 Å². The number of allylic oxidation sites excluding steroid dienone is 2. The first-order valence-corrected chi connectivity index (χ1v) is 23.4. The van der Waals surface area contributed by atoms with E-state index in [1.54, 1.807) is 22.3 Å². The number of aliphatic hydroxyl groups is 2. The first kappa shape index (κ1) is 37.6. The molecule has 0 aliphatic heterocycles. The van der Waals surface area contributed by atoms with Crippen molar-refractivity contribution < 1.29 is 33.4 Å². The van der Waals surface area contributed by atoms with E-state index in [1.165, 1.54) is 102 Å². The van der Waals surface area contributed by atoms with Crippen molar-refractivity contribution >= 4 is 55.2 Å². The standard InChI is InChI=1S/2C26H21.C2H6O2.Zr/c2*1-2-8-18-15-19-11-7-14-24(25(19)16-18)26-22-12-5-3-9-20(22)17-21-10-4-6-13-23(21)26;3-1-2-4;/h2*3-7,9-17H,2,8H2,1H3;3-4H,1-2H2;. The van der Waals surface area contributed by atoms with Crippen LogP contribution in [-0.4, -0.2) is 23.4 Å². The number of fused-ring (bicyclic) bond motifs is 6. The molecule has 280 valence electrons. The predicted octanol–water partition coefficient (Wildman–Crippen LogP) is 13.9. The summed E-state index contributed by atoms with van der Waals surface area (Å²) >= 11 is -1.08. The number of rotatable bonds is 9. The van der Waals surface area contributed by atoms with E-state index in [2.05, 4.69) is 172 Å². The zero-order valence-corrected chi connectivity index (χ0v) is 35.3. The summed E-state index contributed by atoms with van der Waals surface area (Å²) in [5, 5.41) is 25.9. The SMILES string of the molecule is CCCC1=Cc2c(-c3c4ccccc4cc4ccccc34)cccc2[CH]1[Zr][CH]1C(CCC)=Cc2c(-c3c4ccccc4cc4ccccc34)cccc21.OCCO. The Morgan fingerprint density at radius 3 is 1.12 bits per heavy atom. The molecule has 0 saturated carbocycles. The van der Waals surface area contributed by atoms with E-state index in [9.17, 15) is 0 Å². The van der Waals surface area contributed by atoms with Crippen molar-refractivity contribution in [3.05, 3.63) is 179 Å². The van der Waals surface area contributed by atoms with Crippen LogP contribution in [0.15, 0.2) is 157 Å². The smallest absolute Gasteiger partial charge is 0.0662 e. The third-order valence-corrected chi connectivity index (χ3v) is 16.9.